The Hall–Kier alpha value is -0.520. The van der Waals surface area contributed by atoms with Crippen LogP contribution in [0.2, 0.25) is 0 Å². The molecule has 19 heavy (non-hydrogen) atoms. The van der Waals surface area contributed by atoms with Crippen LogP contribution in [0.3, 0.4) is 0 Å². The molecule has 0 aliphatic heterocycles. The van der Waals surface area contributed by atoms with Gasteiger partial charge in [0.15, 0.2) is 0 Å². The maximum Gasteiger partial charge on any atom is 0.141 e. The Morgan fingerprint density at radius 3 is 2.11 bits per heavy atom. The standard InChI is InChI=1S/C14H11Br3O2/c1-18-13-4-3-8(15)5-10(13)11-6-9(16)7-12(17)14(11)19-2/h3-7H,1-2H3. The molecule has 0 N–H and O–H groups in total. The first kappa shape index (κ1) is 14.9. The van der Waals surface area contributed by atoms with E-state index in [1.165, 1.54) is 0 Å². The van der Waals surface area contributed by atoms with Crippen molar-refractivity contribution in [2.45, 2.75) is 0 Å². The highest BCUT2D eigenvalue weighted by Gasteiger charge is 2.15. The number of benzene rings is 2. The molecule has 0 atom stereocenters. The molecule has 2 aromatic carbocycles. The molecule has 0 heterocycles. The molecule has 0 unspecified atom stereocenters. The molecular weight excluding hydrogens is 440 g/mol. The number of hydrogen-bond acceptors (Lipinski definition) is 2. The van der Waals surface area contributed by atoms with Crippen molar-refractivity contribution in [1.82, 2.24) is 0 Å². The predicted molar refractivity (Wildman–Crippen MR) is 88.1 cm³/mol. The van der Waals surface area contributed by atoms with Crippen LogP contribution < -0.4 is 9.47 Å². The van der Waals surface area contributed by atoms with Crippen molar-refractivity contribution < 1.29 is 9.47 Å². The Kier molecular flexibility index (Phi) is 4.92. The van der Waals surface area contributed by atoms with Crippen LogP contribution in [0.15, 0.2) is 43.7 Å². The third kappa shape index (κ3) is 3.15. The minimum atomic E-state index is 0.777. The Balaban J connectivity index is 2.74. The van der Waals surface area contributed by atoms with Gasteiger partial charge in [0.25, 0.3) is 0 Å². The van der Waals surface area contributed by atoms with Crippen LogP contribution >= 0.6 is 47.8 Å². The summed E-state index contributed by atoms with van der Waals surface area (Å²) >= 11 is 10.5. The van der Waals surface area contributed by atoms with Crippen LogP contribution in [0.4, 0.5) is 0 Å². The molecule has 100 valence electrons. The summed E-state index contributed by atoms with van der Waals surface area (Å²) in [6.45, 7) is 0. The molecule has 0 aliphatic rings. The average Bonchev–Trinajstić information content (AvgIpc) is 2.37. The lowest BCUT2D eigenvalue weighted by atomic mass is 10.0. The molecule has 0 radical (unpaired) electrons. The normalized spacial score (nSPS) is 10.4. The summed E-state index contributed by atoms with van der Waals surface area (Å²) in [5.41, 5.74) is 1.93. The third-order valence-electron chi connectivity index (χ3n) is 2.66. The molecule has 0 aromatic heterocycles. The minimum Gasteiger partial charge on any atom is -0.496 e. The second-order valence-corrected chi connectivity index (χ2v) is 6.50. The van der Waals surface area contributed by atoms with Crippen molar-refractivity contribution in [3.05, 3.63) is 43.7 Å². The molecule has 0 amide bonds. The fraction of sp³-hybridized carbons (Fsp3) is 0.143. The molecule has 0 bridgehead atoms. The van der Waals surface area contributed by atoms with E-state index in [2.05, 4.69) is 47.8 Å². The number of rotatable bonds is 3. The largest absolute Gasteiger partial charge is 0.496 e. The first-order valence-corrected chi connectivity index (χ1v) is 7.81. The molecule has 2 rings (SSSR count). The summed E-state index contributed by atoms with van der Waals surface area (Å²) in [5.74, 6) is 1.58. The zero-order valence-electron chi connectivity index (χ0n) is 10.3. The van der Waals surface area contributed by atoms with E-state index < -0.39 is 0 Å². The molecule has 2 aromatic rings. The summed E-state index contributed by atoms with van der Waals surface area (Å²) in [7, 11) is 3.31. The predicted octanol–water partition coefficient (Wildman–Crippen LogP) is 5.66. The van der Waals surface area contributed by atoms with Crippen LogP contribution in [-0.2, 0) is 0 Å². The molecule has 0 spiro atoms. The number of ether oxygens (including phenoxy) is 2. The Labute approximate surface area is 137 Å². The molecule has 5 heteroatoms. The van der Waals surface area contributed by atoms with E-state index in [0.29, 0.717) is 0 Å². The fourth-order valence-electron chi connectivity index (χ4n) is 1.86. The highest BCUT2D eigenvalue weighted by Crippen LogP contribution is 2.43. The van der Waals surface area contributed by atoms with Gasteiger partial charge >= 0.3 is 0 Å². The van der Waals surface area contributed by atoms with Gasteiger partial charge in [-0.05, 0) is 46.3 Å². The molecule has 0 fully saturated rings. The SMILES string of the molecule is COc1ccc(Br)cc1-c1cc(Br)cc(Br)c1OC. The highest BCUT2D eigenvalue weighted by atomic mass is 79.9. The smallest absolute Gasteiger partial charge is 0.141 e. The Morgan fingerprint density at radius 1 is 0.789 bits per heavy atom. The molecule has 2 nitrogen and oxygen atoms in total. The summed E-state index contributed by atoms with van der Waals surface area (Å²) in [5, 5.41) is 0. The number of hydrogen-bond donors (Lipinski definition) is 0. The lowest BCUT2D eigenvalue weighted by molar-refractivity contribution is 0.408. The fourth-order valence-corrected chi connectivity index (χ4v) is 3.61. The van der Waals surface area contributed by atoms with Crippen molar-refractivity contribution in [2.75, 3.05) is 14.2 Å². The topological polar surface area (TPSA) is 18.5 Å². The first-order valence-electron chi connectivity index (χ1n) is 5.43. The van der Waals surface area contributed by atoms with Crippen molar-refractivity contribution in [1.29, 1.82) is 0 Å². The van der Waals surface area contributed by atoms with Crippen LogP contribution in [-0.4, -0.2) is 14.2 Å². The maximum atomic E-state index is 5.49. The van der Waals surface area contributed by atoms with Crippen molar-refractivity contribution in [2.24, 2.45) is 0 Å². The second kappa shape index (κ2) is 6.29. The van der Waals surface area contributed by atoms with Gasteiger partial charge in [0.05, 0.1) is 18.7 Å². The number of halogens is 3. The van der Waals surface area contributed by atoms with Crippen LogP contribution in [0.25, 0.3) is 11.1 Å². The zero-order valence-corrected chi connectivity index (χ0v) is 15.1. The zero-order chi connectivity index (χ0) is 14.0. The maximum absolute atomic E-state index is 5.49. The van der Waals surface area contributed by atoms with E-state index in [-0.39, 0.29) is 0 Å². The molecule has 0 saturated heterocycles. The number of methoxy groups -OCH3 is 2. The lowest BCUT2D eigenvalue weighted by Gasteiger charge is -2.14. The van der Waals surface area contributed by atoms with Gasteiger partial charge in [-0.1, -0.05) is 31.9 Å². The minimum absolute atomic E-state index is 0.777. The summed E-state index contributed by atoms with van der Waals surface area (Å²) < 4.78 is 13.8. The van der Waals surface area contributed by atoms with E-state index >= 15 is 0 Å². The lowest BCUT2D eigenvalue weighted by Crippen LogP contribution is -1.93. The average molecular weight is 451 g/mol. The van der Waals surface area contributed by atoms with Crippen molar-refractivity contribution in [3.8, 4) is 22.6 Å². The van der Waals surface area contributed by atoms with E-state index in [1.54, 1.807) is 14.2 Å². The van der Waals surface area contributed by atoms with E-state index in [0.717, 1.165) is 36.0 Å². The van der Waals surface area contributed by atoms with Gasteiger partial charge in [0.2, 0.25) is 0 Å². The van der Waals surface area contributed by atoms with Crippen LogP contribution in [0, 0.1) is 0 Å². The van der Waals surface area contributed by atoms with E-state index in [4.69, 9.17) is 9.47 Å². The summed E-state index contributed by atoms with van der Waals surface area (Å²) in [6.07, 6.45) is 0. The quantitative estimate of drug-likeness (QED) is 0.600. The monoisotopic (exact) mass is 448 g/mol. The summed E-state index contributed by atoms with van der Waals surface area (Å²) in [4.78, 5) is 0. The van der Waals surface area contributed by atoms with Gasteiger partial charge in [-0.15, -0.1) is 0 Å². The van der Waals surface area contributed by atoms with Crippen LogP contribution in [0.1, 0.15) is 0 Å². The third-order valence-corrected chi connectivity index (χ3v) is 4.20. The molecule has 0 aliphatic carbocycles. The van der Waals surface area contributed by atoms with Gasteiger partial charge in [0.1, 0.15) is 11.5 Å². The molecular formula is C14H11Br3O2. The van der Waals surface area contributed by atoms with Gasteiger partial charge in [-0.2, -0.15) is 0 Å². The Bertz CT molecular complexity index is 612. The van der Waals surface area contributed by atoms with Gasteiger partial charge in [-0.3, -0.25) is 0 Å². The molecule has 0 saturated carbocycles. The first-order chi connectivity index (χ1) is 9.06. The van der Waals surface area contributed by atoms with Gasteiger partial charge < -0.3 is 9.47 Å². The van der Waals surface area contributed by atoms with Gasteiger partial charge in [0, 0.05) is 20.1 Å². The van der Waals surface area contributed by atoms with Crippen LogP contribution in [0.5, 0.6) is 11.5 Å². The second-order valence-electron chi connectivity index (χ2n) is 3.81. The van der Waals surface area contributed by atoms with Gasteiger partial charge in [-0.25, -0.2) is 0 Å². The van der Waals surface area contributed by atoms with Crippen molar-refractivity contribution >= 4 is 47.8 Å². The summed E-state index contributed by atoms with van der Waals surface area (Å²) in [6, 6.07) is 9.84. The van der Waals surface area contributed by atoms with Crippen molar-refractivity contribution in [3.63, 3.8) is 0 Å². The van der Waals surface area contributed by atoms with E-state index in [1.807, 2.05) is 30.3 Å². The Morgan fingerprint density at radius 2 is 1.47 bits per heavy atom. The van der Waals surface area contributed by atoms with E-state index in [9.17, 15) is 0 Å². The highest BCUT2D eigenvalue weighted by molar-refractivity contribution is 9.11.